The van der Waals surface area contributed by atoms with Crippen LogP contribution in [-0.2, 0) is 11.2 Å². The summed E-state index contributed by atoms with van der Waals surface area (Å²) in [5, 5.41) is 0. The molecule has 0 spiro atoms. The van der Waals surface area contributed by atoms with Crippen LogP contribution in [0, 0.1) is 0 Å². The van der Waals surface area contributed by atoms with Gasteiger partial charge in [0.25, 0.3) is 0 Å². The highest BCUT2D eigenvalue weighted by Crippen LogP contribution is 2.32. The van der Waals surface area contributed by atoms with Crippen LogP contribution in [0.25, 0.3) is 0 Å². The zero-order chi connectivity index (χ0) is 18.6. The van der Waals surface area contributed by atoms with Crippen molar-refractivity contribution >= 4 is 5.91 Å². The maximum absolute atomic E-state index is 11.4. The Balaban J connectivity index is 1.32. The number of primary amides is 1. The van der Waals surface area contributed by atoms with Crippen LogP contribution in [-0.4, -0.2) is 37.0 Å². The number of fused-ring (bicyclic) bond motifs is 1. The molecule has 1 unspecified atom stereocenters. The Kier molecular flexibility index (Phi) is 5.55. The third-order valence-electron chi connectivity index (χ3n) is 6.03. The Morgan fingerprint density at radius 1 is 1.11 bits per heavy atom. The molecule has 0 aliphatic carbocycles. The molecule has 1 amide bonds. The fourth-order valence-corrected chi connectivity index (χ4v) is 4.44. The van der Waals surface area contributed by atoms with Gasteiger partial charge < -0.3 is 15.4 Å². The molecule has 0 aromatic heterocycles. The van der Waals surface area contributed by atoms with E-state index in [1.54, 1.807) is 0 Å². The van der Waals surface area contributed by atoms with E-state index in [2.05, 4.69) is 35.2 Å². The summed E-state index contributed by atoms with van der Waals surface area (Å²) in [7, 11) is 0. The van der Waals surface area contributed by atoms with Crippen molar-refractivity contribution in [1.29, 1.82) is 0 Å². The first-order valence-electron chi connectivity index (χ1n) is 10.0. The van der Waals surface area contributed by atoms with Crippen LogP contribution in [0.3, 0.4) is 0 Å². The first-order chi connectivity index (χ1) is 13.2. The molecule has 1 saturated heterocycles. The number of amides is 1. The SMILES string of the molecule is NC(=O)c1ccc2c(c1)CCOC2CCN1CCC(c2ccccc2)CC1. The molecular weight excluding hydrogens is 336 g/mol. The Bertz CT molecular complexity index is 782. The highest BCUT2D eigenvalue weighted by atomic mass is 16.5. The average molecular weight is 364 g/mol. The van der Waals surface area contributed by atoms with Gasteiger partial charge in [-0.3, -0.25) is 4.79 Å². The number of rotatable bonds is 5. The van der Waals surface area contributed by atoms with E-state index in [1.165, 1.54) is 29.5 Å². The molecule has 4 nitrogen and oxygen atoms in total. The van der Waals surface area contributed by atoms with Crippen molar-refractivity contribution in [2.75, 3.05) is 26.2 Å². The van der Waals surface area contributed by atoms with Gasteiger partial charge in [-0.2, -0.15) is 0 Å². The Labute approximate surface area is 161 Å². The van der Waals surface area contributed by atoms with Gasteiger partial charge >= 0.3 is 0 Å². The van der Waals surface area contributed by atoms with Crippen molar-refractivity contribution in [1.82, 2.24) is 4.90 Å². The Morgan fingerprint density at radius 3 is 2.63 bits per heavy atom. The fraction of sp³-hybridized carbons (Fsp3) is 0.435. The lowest BCUT2D eigenvalue weighted by molar-refractivity contribution is 0.0274. The van der Waals surface area contributed by atoms with Gasteiger partial charge in [-0.25, -0.2) is 0 Å². The third kappa shape index (κ3) is 4.23. The van der Waals surface area contributed by atoms with Crippen LogP contribution < -0.4 is 5.73 Å². The van der Waals surface area contributed by atoms with Crippen molar-refractivity contribution in [3.63, 3.8) is 0 Å². The van der Waals surface area contributed by atoms with Crippen molar-refractivity contribution in [2.45, 2.75) is 37.7 Å². The van der Waals surface area contributed by atoms with E-state index in [-0.39, 0.29) is 12.0 Å². The lowest BCUT2D eigenvalue weighted by Gasteiger charge is -2.34. The van der Waals surface area contributed by atoms with Crippen molar-refractivity contribution < 1.29 is 9.53 Å². The summed E-state index contributed by atoms with van der Waals surface area (Å²) >= 11 is 0. The van der Waals surface area contributed by atoms with E-state index in [9.17, 15) is 4.79 Å². The number of carbonyl (C=O) groups excluding carboxylic acids is 1. The normalized spacial score (nSPS) is 21.0. The van der Waals surface area contributed by atoms with Crippen LogP contribution >= 0.6 is 0 Å². The van der Waals surface area contributed by atoms with E-state index in [0.717, 1.165) is 39.1 Å². The number of nitrogens with two attached hydrogens (primary N) is 1. The van der Waals surface area contributed by atoms with Crippen LogP contribution in [0.5, 0.6) is 0 Å². The molecule has 2 aliphatic rings. The number of carbonyl (C=O) groups is 1. The quantitative estimate of drug-likeness (QED) is 0.881. The lowest BCUT2D eigenvalue weighted by Crippen LogP contribution is -2.34. The zero-order valence-corrected chi connectivity index (χ0v) is 15.8. The van der Waals surface area contributed by atoms with Crippen LogP contribution in [0.4, 0.5) is 0 Å². The smallest absolute Gasteiger partial charge is 0.248 e. The monoisotopic (exact) mass is 364 g/mol. The minimum Gasteiger partial charge on any atom is -0.373 e. The van der Waals surface area contributed by atoms with Crippen LogP contribution in [0.2, 0.25) is 0 Å². The summed E-state index contributed by atoms with van der Waals surface area (Å²) in [5.74, 6) is 0.337. The molecule has 0 bridgehead atoms. The summed E-state index contributed by atoms with van der Waals surface area (Å²) in [6, 6.07) is 16.7. The molecule has 1 atom stereocenters. The molecule has 2 aromatic carbocycles. The number of benzene rings is 2. The first kappa shape index (κ1) is 18.2. The topological polar surface area (TPSA) is 55.6 Å². The molecule has 27 heavy (non-hydrogen) atoms. The van der Waals surface area contributed by atoms with Gasteiger partial charge in [0.2, 0.25) is 5.91 Å². The Hall–Kier alpha value is -2.17. The van der Waals surface area contributed by atoms with Crippen molar-refractivity contribution in [3.05, 3.63) is 70.8 Å². The minimum absolute atomic E-state index is 0.127. The van der Waals surface area contributed by atoms with E-state index < -0.39 is 0 Å². The van der Waals surface area contributed by atoms with Gasteiger partial charge in [0.15, 0.2) is 0 Å². The first-order valence-corrected chi connectivity index (χ1v) is 10.0. The number of likely N-dealkylation sites (tertiary alicyclic amines) is 1. The second-order valence-electron chi connectivity index (χ2n) is 7.70. The van der Waals surface area contributed by atoms with E-state index in [1.807, 2.05) is 18.2 Å². The highest BCUT2D eigenvalue weighted by molar-refractivity contribution is 5.93. The van der Waals surface area contributed by atoms with E-state index in [4.69, 9.17) is 10.5 Å². The molecule has 0 radical (unpaired) electrons. The number of piperidine rings is 1. The fourth-order valence-electron chi connectivity index (χ4n) is 4.44. The molecule has 2 N–H and O–H groups in total. The second kappa shape index (κ2) is 8.24. The molecule has 142 valence electrons. The highest BCUT2D eigenvalue weighted by Gasteiger charge is 2.24. The zero-order valence-electron chi connectivity index (χ0n) is 15.8. The summed E-state index contributed by atoms with van der Waals surface area (Å²) in [6.07, 6.45) is 4.44. The van der Waals surface area contributed by atoms with Crippen LogP contribution in [0.15, 0.2) is 48.5 Å². The molecule has 0 saturated carbocycles. The number of hydrogen-bond acceptors (Lipinski definition) is 3. The molecule has 4 rings (SSSR count). The maximum Gasteiger partial charge on any atom is 0.248 e. The Morgan fingerprint density at radius 2 is 1.89 bits per heavy atom. The number of ether oxygens (including phenoxy) is 1. The summed E-state index contributed by atoms with van der Waals surface area (Å²) in [5.41, 5.74) is 9.93. The average Bonchev–Trinajstić information content (AvgIpc) is 2.72. The van der Waals surface area contributed by atoms with Gasteiger partial charge in [0.05, 0.1) is 12.7 Å². The van der Waals surface area contributed by atoms with Crippen molar-refractivity contribution in [2.24, 2.45) is 5.73 Å². The standard InChI is InChI=1S/C23H28N2O2/c24-23(26)20-6-7-21-19(16-20)11-15-27-22(21)10-14-25-12-8-18(9-13-25)17-4-2-1-3-5-17/h1-7,16,18,22H,8-15H2,(H2,24,26). The summed E-state index contributed by atoms with van der Waals surface area (Å²) in [4.78, 5) is 14.0. The van der Waals surface area contributed by atoms with Crippen molar-refractivity contribution in [3.8, 4) is 0 Å². The molecular formula is C23H28N2O2. The molecule has 2 aliphatic heterocycles. The predicted molar refractivity (Wildman–Crippen MR) is 107 cm³/mol. The number of hydrogen-bond donors (Lipinski definition) is 1. The van der Waals surface area contributed by atoms with Gasteiger partial charge in [-0.1, -0.05) is 36.4 Å². The van der Waals surface area contributed by atoms with Gasteiger partial charge in [-0.15, -0.1) is 0 Å². The van der Waals surface area contributed by atoms with Gasteiger partial charge in [-0.05, 0) is 73.5 Å². The lowest BCUT2D eigenvalue weighted by atomic mass is 9.89. The van der Waals surface area contributed by atoms with Crippen LogP contribution in [0.1, 0.15) is 58.3 Å². The van der Waals surface area contributed by atoms with Gasteiger partial charge in [0.1, 0.15) is 0 Å². The molecule has 1 fully saturated rings. The summed E-state index contributed by atoms with van der Waals surface area (Å²) < 4.78 is 6.04. The molecule has 4 heteroatoms. The van der Waals surface area contributed by atoms with Gasteiger partial charge in [0, 0.05) is 12.1 Å². The minimum atomic E-state index is -0.359. The predicted octanol–water partition coefficient (Wildman–Crippen LogP) is 3.67. The second-order valence-corrected chi connectivity index (χ2v) is 7.70. The molecule has 2 aromatic rings. The third-order valence-corrected chi connectivity index (χ3v) is 6.03. The number of nitrogens with zero attached hydrogens (tertiary/aromatic N) is 1. The maximum atomic E-state index is 11.4. The van der Waals surface area contributed by atoms with E-state index in [0.29, 0.717) is 11.5 Å². The summed E-state index contributed by atoms with van der Waals surface area (Å²) in [6.45, 7) is 4.08. The molecule has 2 heterocycles. The van der Waals surface area contributed by atoms with E-state index >= 15 is 0 Å². The largest absolute Gasteiger partial charge is 0.373 e.